The Labute approximate surface area is 217 Å². The standard InChI is InChI=1S/C28H36N6O3/c35-25-17-34(14-10-24(25)33-11-7-19-3-1-2-4-21(19)16-33)28(37)23-15-26(30-18-29-23)31-22-8-12-32(13-9-22)27(36)20-5-6-20/h1-4,15,18,20,22,24-25,35H,5-14,16-17H2,(H,29,30,31)/t24?,25-/m0/s1. The molecule has 6 rings (SSSR count). The molecule has 2 aromatic rings. The fraction of sp³-hybridized carbons (Fsp3) is 0.571. The Morgan fingerprint density at radius 3 is 2.43 bits per heavy atom. The maximum Gasteiger partial charge on any atom is 0.272 e. The lowest BCUT2D eigenvalue weighted by molar-refractivity contribution is -0.133. The summed E-state index contributed by atoms with van der Waals surface area (Å²) < 4.78 is 0. The summed E-state index contributed by atoms with van der Waals surface area (Å²) in [5, 5.41) is 14.4. The molecule has 1 unspecified atom stereocenters. The first-order chi connectivity index (χ1) is 18.0. The molecular formula is C28H36N6O3. The highest BCUT2D eigenvalue weighted by molar-refractivity contribution is 5.93. The van der Waals surface area contributed by atoms with Crippen LogP contribution in [0.3, 0.4) is 0 Å². The Morgan fingerprint density at radius 2 is 1.68 bits per heavy atom. The summed E-state index contributed by atoms with van der Waals surface area (Å²) in [4.78, 5) is 40.2. The van der Waals surface area contributed by atoms with Gasteiger partial charge in [-0.25, -0.2) is 9.97 Å². The van der Waals surface area contributed by atoms with Gasteiger partial charge in [0.15, 0.2) is 0 Å². The van der Waals surface area contributed by atoms with Gasteiger partial charge in [-0.05, 0) is 49.7 Å². The van der Waals surface area contributed by atoms with Gasteiger partial charge in [-0.15, -0.1) is 0 Å². The van der Waals surface area contributed by atoms with Gasteiger partial charge >= 0.3 is 0 Å². The quantitative estimate of drug-likeness (QED) is 0.642. The predicted molar refractivity (Wildman–Crippen MR) is 139 cm³/mol. The first-order valence-electron chi connectivity index (χ1n) is 13.7. The van der Waals surface area contributed by atoms with E-state index in [1.807, 2.05) is 4.90 Å². The Bertz CT molecular complexity index is 1150. The number of hydrogen-bond donors (Lipinski definition) is 2. The van der Waals surface area contributed by atoms with Crippen molar-refractivity contribution in [1.29, 1.82) is 0 Å². The molecule has 196 valence electrons. The van der Waals surface area contributed by atoms with Crippen molar-refractivity contribution >= 4 is 17.6 Å². The van der Waals surface area contributed by atoms with Gasteiger partial charge in [0.1, 0.15) is 17.8 Å². The van der Waals surface area contributed by atoms with E-state index >= 15 is 0 Å². The Morgan fingerprint density at radius 1 is 0.919 bits per heavy atom. The van der Waals surface area contributed by atoms with E-state index in [4.69, 9.17) is 0 Å². The van der Waals surface area contributed by atoms with Crippen molar-refractivity contribution in [1.82, 2.24) is 24.7 Å². The summed E-state index contributed by atoms with van der Waals surface area (Å²) in [6, 6.07) is 10.5. The molecule has 2 atom stereocenters. The average molecular weight is 505 g/mol. The Kier molecular flexibility index (Phi) is 6.82. The van der Waals surface area contributed by atoms with Gasteiger partial charge in [0.25, 0.3) is 5.91 Å². The molecule has 9 nitrogen and oxygen atoms in total. The zero-order valence-corrected chi connectivity index (χ0v) is 21.3. The number of piperidine rings is 2. The Hall–Kier alpha value is -3.04. The van der Waals surface area contributed by atoms with Gasteiger partial charge in [-0.3, -0.25) is 14.5 Å². The van der Waals surface area contributed by atoms with Gasteiger partial charge in [0, 0.05) is 63.3 Å². The molecule has 1 aromatic heterocycles. The molecule has 4 heterocycles. The molecule has 1 aromatic carbocycles. The number of fused-ring (bicyclic) bond motifs is 1. The van der Waals surface area contributed by atoms with Crippen LogP contribution < -0.4 is 5.32 Å². The maximum atomic E-state index is 13.3. The number of β-amino-alcohol motifs (C(OH)–C–C–N with tert-alkyl or cyclic N) is 1. The third-order valence-corrected chi connectivity index (χ3v) is 8.43. The smallest absolute Gasteiger partial charge is 0.272 e. The van der Waals surface area contributed by atoms with E-state index in [0.717, 1.165) is 64.7 Å². The second kappa shape index (κ2) is 10.4. The summed E-state index contributed by atoms with van der Waals surface area (Å²) in [6.07, 6.45) is 6.38. The van der Waals surface area contributed by atoms with Crippen LogP contribution in [0.2, 0.25) is 0 Å². The van der Waals surface area contributed by atoms with Gasteiger partial charge in [0.05, 0.1) is 6.10 Å². The lowest BCUT2D eigenvalue weighted by Crippen LogP contribution is -2.56. The molecule has 1 saturated carbocycles. The van der Waals surface area contributed by atoms with Crippen LogP contribution in [0, 0.1) is 5.92 Å². The first-order valence-corrected chi connectivity index (χ1v) is 13.7. The molecule has 2 amide bonds. The number of rotatable bonds is 5. The molecule has 2 N–H and O–H groups in total. The zero-order valence-electron chi connectivity index (χ0n) is 21.3. The van der Waals surface area contributed by atoms with Crippen molar-refractivity contribution in [3.05, 3.63) is 53.5 Å². The fourth-order valence-corrected chi connectivity index (χ4v) is 6.09. The van der Waals surface area contributed by atoms with Crippen LogP contribution in [-0.2, 0) is 17.8 Å². The van der Waals surface area contributed by atoms with E-state index in [9.17, 15) is 14.7 Å². The van der Waals surface area contributed by atoms with Crippen LogP contribution in [0.1, 0.15) is 53.7 Å². The number of aromatic nitrogens is 2. The minimum absolute atomic E-state index is 0.0534. The maximum absolute atomic E-state index is 13.3. The summed E-state index contributed by atoms with van der Waals surface area (Å²) in [5.41, 5.74) is 3.07. The molecular weight excluding hydrogens is 468 g/mol. The molecule has 0 radical (unpaired) electrons. The largest absolute Gasteiger partial charge is 0.390 e. The van der Waals surface area contributed by atoms with E-state index in [0.29, 0.717) is 30.5 Å². The summed E-state index contributed by atoms with van der Waals surface area (Å²) in [5.74, 6) is 1.04. The number of anilines is 1. The van der Waals surface area contributed by atoms with Crippen molar-refractivity contribution in [2.75, 3.05) is 38.0 Å². The number of hydrogen-bond acceptors (Lipinski definition) is 7. The molecule has 0 bridgehead atoms. The number of aliphatic hydroxyl groups excluding tert-OH is 1. The zero-order chi connectivity index (χ0) is 25.4. The molecule has 0 spiro atoms. The number of likely N-dealkylation sites (tertiary alicyclic amines) is 2. The van der Waals surface area contributed by atoms with Crippen LogP contribution in [-0.4, -0.2) is 92.5 Å². The summed E-state index contributed by atoms with van der Waals surface area (Å²) >= 11 is 0. The average Bonchev–Trinajstić information content (AvgIpc) is 3.78. The number of benzene rings is 1. The molecule has 37 heavy (non-hydrogen) atoms. The van der Waals surface area contributed by atoms with Gasteiger partial charge < -0.3 is 20.2 Å². The molecule has 3 fully saturated rings. The number of aliphatic hydroxyl groups is 1. The second-order valence-electron chi connectivity index (χ2n) is 11.0. The van der Waals surface area contributed by atoms with Crippen LogP contribution in [0.25, 0.3) is 0 Å². The van der Waals surface area contributed by atoms with Crippen LogP contribution in [0.4, 0.5) is 5.82 Å². The number of nitrogens with one attached hydrogen (secondary N) is 1. The normalized spacial score (nSPS) is 25.0. The van der Waals surface area contributed by atoms with Crippen molar-refractivity contribution in [2.45, 2.75) is 63.3 Å². The van der Waals surface area contributed by atoms with Crippen LogP contribution >= 0.6 is 0 Å². The Balaban J connectivity index is 1.03. The number of nitrogens with zero attached hydrogens (tertiary/aromatic N) is 5. The highest BCUT2D eigenvalue weighted by atomic mass is 16.3. The minimum Gasteiger partial charge on any atom is -0.390 e. The third-order valence-electron chi connectivity index (χ3n) is 8.43. The molecule has 3 aliphatic heterocycles. The van der Waals surface area contributed by atoms with E-state index in [1.54, 1.807) is 11.0 Å². The number of carbonyl (C=O) groups is 2. The van der Waals surface area contributed by atoms with E-state index in [-0.39, 0.29) is 23.9 Å². The van der Waals surface area contributed by atoms with E-state index in [1.165, 1.54) is 17.5 Å². The first kappa shape index (κ1) is 24.3. The second-order valence-corrected chi connectivity index (χ2v) is 11.0. The lowest BCUT2D eigenvalue weighted by atomic mass is 9.94. The monoisotopic (exact) mass is 504 g/mol. The van der Waals surface area contributed by atoms with Crippen LogP contribution in [0.15, 0.2) is 36.7 Å². The van der Waals surface area contributed by atoms with Crippen molar-refractivity contribution in [3.8, 4) is 0 Å². The summed E-state index contributed by atoms with van der Waals surface area (Å²) in [6.45, 7) is 4.21. The van der Waals surface area contributed by atoms with Gasteiger partial charge in [0.2, 0.25) is 5.91 Å². The lowest BCUT2D eigenvalue weighted by Gasteiger charge is -2.43. The van der Waals surface area contributed by atoms with E-state index < -0.39 is 6.10 Å². The third kappa shape index (κ3) is 5.33. The summed E-state index contributed by atoms with van der Waals surface area (Å²) in [7, 11) is 0. The fourth-order valence-electron chi connectivity index (χ4n) is 6.09. The van der Waals surface area contributed by atoms with E-state index in [2.05, 4.69) is 44.5 Å². The molecule has 9 heteroatoms. The topological polar surface area (TPSA) is 102 Å². The molecule has 1 aliphatic carbocycles. The van der Waals surface area contributed by atoms with Crippen LogP contribution in [0.5, 0.6) is 0 Å². The van der Waals surface area contributed by atoms with Crippen molar-refractivity contribution in [3.63, 3.8) is 0 Å². The highest BCUT2D eigenvalue weighted by Crippen LogP contribution is 2.32. The van der Waals surface area contributed by atoms with Gasteiger partial charge in [-0.2, -0.15) is 0 Å². The van der Waals surface area contributed by atoms with Gasteiger partial charge in [-0.1, -0.05) is 24.3 Å². The SMILES string of the molecule is O=C(c1cc(NC2CCN(C(=O)C3CC3)CC2)ncn1)N1CCC(N2CCc3ccccc3C2)[C@@H](O)C1. The molecule has 2 saturated heterocycles. The number of carbonyl (C=O) groups excluding carboxylic acids is 2. The highest BCUT2D eigenvalue weighted by Gasteiger charge is 2.36. The number of amides is 2. The predicted octanol–water partition coefficient (Wildman–Crippen LogP) is 1.92. The van der Waals surface area contributed by atoms with Crippen molar-refractivity contribution < 1.29 is 14.7 Å². The van der Waals surface area contributed by atoms with Crippen molar-refractivity contribution in [2.24, 2.45) is 5.92 Å². The minimum atomic E-state index is -0.592. The molecule has 4 aliphatic rings.